The molecule has 0 aromatic heterocycles. The Morgan fingerprint density at radius 1 is 0.800 bits per heavy atom. The molecule has 3 aromatic carbocycles. The van der Waals surface area contributed by atoms with Crippen LogP contribution in [0.4, 0.5) is 15.8 Å². The van der Waals surface area contributed by atoms with Crippen LogP contribution in [-0.2, 0) is 14.4 Å². The van der Waals surface area contributed by atoms with E-state index in [0.717, 1.165) is 4.90 Å². The maximum atomic E-state index is 13.4. The van der Waals surface area contributed by atoms with Crippen LogP contribution in [0.2, 0.25) is 5.02 Å². The summed E-state index contributed by atoms with van der Waals surface area (Å²) in [6.07, 6.45) is -0.996. The number of fused-ring (bicyclic) bond motifs is 1. The Hall–Kier alpha value is -3.22. The number of hydrogen-bond donors (Lipinski definition) is 0. The number of benzene rings is 3. The predicted octanol–water partition coefficient (Wildman–Crippen LogP) is 4.53. The van der Waals surface area contributed by atoms with Crippen LogP contribution in [0.5, 0.6) is 0 Å². The van der Waals surface area contributed by atoms with Crippen LogP contribution in [0, 0.1) is 11.7 Å². The van der Waals surface area contributed by atoms with Gasteiger partial charge in [0.15, 0.2) is 6.10 Å². The molecule has 7 heteroatoms. The first-order valence-electron chi connectivity index (χ1n) is 9.45. The summed E-state index contributed by atoms with van der Waals surface area (Å²) in [6, 6.07) is 21.1. The molecule has 0 unspecified atom stereocenters. The van der Waals surface area contributed by atoms with Crippen LogP contribution in [0.15, 0.2) is 78.9 Å². The van der Waals surface area contributed by atoms with Crippen molar-refractivity contribution in [3.63, 3.8) is 0 Å². The first-order valence-corrected chi connectivity index (χ1v) is 9.83. The maximum absolute atomic E-state index is 13.4. The number of anilines is 2. The molecule has 5 nitrogen and oxygen atoms in total. The van der Waals surface area contributed by atoms with Gasteiger partial charge in [-0.25, -0.2) is 14.4 Å². The Kier molecular flexibility index (Phi) is 4.53. The number of imide groups is 1. The summed E-state index contributed by atoms with van der Waals surface area (Å²) in [7, 11) is 0. The van der Waals surface area contributed by atoms with Gasteiger partial charge in [-0.3, -0.25) is 14.4 Å². The zero-order valence-electron chi connectivity index (χ0n) is 15.6. The molecule has 3 atom stereocenters. The van der Waals surface area contributed by atoms with Crippen LogP contribution in [0.3, 0.4) is 0 Å². The van der Waals surface area contributed by atoms with E-state index < -0.39 is 35.7 Å². The van der Waals surface area contributed by atoms with Gasteiger partial charge in [0.05, 0.1) is 17.4 Å². The average Bonchev–Trinajstić information content (AvgIpc) is 3.26. The fourth-order valence-electron chi connectivity index (χ4n) is 4.09. The Bertz CT molecular complexity index is 1120. The number of nitrogens with zero attached hydrogens (tertiary/aromatic N) is 2. The lowest BCUT2D eigenvalue weighted by Gasteiger charge is -2.29. The second-order valence-electron chi connectivity index (χ2n) is 7.17. The Balaban J connectivity index is 1.60. The third-order valence-corrected chi connectivity index (χ3v) is 5.78. The highest BCUT2D eigenvalue weighted by molar-refractivity contribution is 6.31. The minimum Gasteiger partial charge on any atom is -0.273 e. The predicted molar refractivity (Wildman–Crippen MR) is 110 cm³/mol. The molecule has 2 amide bonds. The quantitative estimate of drug-likeness (QED) is 0.582. The highest BCUT2D eigenvalue weighted by Crippen LogP contribution is 2.48. The first kappa shape index (κ1) is 18.8. The largest absolute Gasteiger partial charge is 0.273 e. The summed E-state index contributed by atoms with van der Waals surface area (Å²) in [4.78, 5) is 33.7. The third kappa shape index (κ3) is 2.88. The maximum Gasteiger partial charge on any atom is 0.266 e. The summed E-state index contributed by atoms with van der Waals surface area (Å²) in [5, 5.41) is 2.07. The molecule has 2 aliphatic heterocycles. The number of carbonyl (C=O) groups excluding carboxylic acids is 2. The van der Waals surface area contributed by atoms with Gasteiger partial charge in [0.1, 0.15) is 11.7 Å². The number of hydroxylamine groups is 1. The zero-order valence-corrected chi connectivity index (χ0v) is 16.4. The van der Waals surface area contributed by atoms with Gasteiger partial charge in [-0.1, -0.05) is 48.0 Å². The monoisotopic (exact) mass is 422 g/mol. The molecule has 150 valence electrons. The molecule has 2 fully saturated rings. The van der Waals surface area contributed by atoms with E-state index in [9.17, 15) is 14.0 Å². The van der Waals surface area contributed by atoms with E-state index in [2.05, 4.69) is 0 Å². The van der Waals surface area contributed by atoms with Gasteiger partial charge in [0.25, 0.3) is 5.91 Å². The molecule has 2 saturated heterocycles. The van der Waals surface area contributed by atoms with Gasteiger partial charge in [0.2, 0.25) is 5.91 Å². The smallest absolute Gasteiger partial charge is 0.266 e. The van der Waals surface area contributed by atoms with Gasteiger partial charge < -0.3 is 0 Å². The van der Waals surface area contributed by atoms with E-state index in [1.54, 1.807) is 17.2 Å². The van der Waals surface area contributed by atoms with Gasteiger partial charge in [-0.15, -0.1) is 0 Å². The van der Waals surface area contributed by atoms with Crippen molar-refractivity contribution < 1.29 is 18.8 Å². The molecule has 0 bridgehead atoms. The van der Waals surface area contributed by atoms with Crippen molar-refractivity contribution in [3.8, 4) is 0 Å². The molecule has 0 aliphatic carbocycles. The summed E-state index contributed by atoms with van der Waals surface area (Å²) in [5.41, 5.74) is 1.72. The van der Waals surface area contributed by atoms with Gasteiger partial charge in [-0.05, 0) is 48.0 Å². The fourth-order valence-corrected chi connectivity index (χ4v) is 4.34. The van der Waals surface area contributed by atoms with Crippen LogP contribution in [0.1, 0.15) is 11.6 Å². The second-order valence-corrected chi connectivity index (χ2v) is 7.57. The summed E-state index contributed by atoms with van der Waals surface area (Å²) in [6.45, 7) is 0. The van der Waals surface area contributed by atoms with E-state index in [4.69, 9.17) is 16.4 Å². The van der Waals surface area contributed by atoms with Crippen molar-refractivity contribution in [2.24, 2.45) is 5.92 Å². The normalized spacial score (nSPS) is 23.2. The SMILES string of the molecule is O=C1[C@H]2[C@@H](c3ccccc3Cl)N(c3ccccc3)O[C@H]2C(=O)N1c1ccc(F)cc1. The minimum atomic E-state index is -0.996. The van der Waals surface area contributed by atoms with Crippen molar-refractivity contribution in [1.82, 2.24) is 0 Å². The van der Waals surface area contributed by atoms with Crippen LogP contribution < -0.4 is 9.96 Å². The summed E-state index contributed by atoms with van der Waals surface area (Å²) >= 11 is 6.47. The minimum absolute atomic E-state index is 0.313. The molecular weight excluding hydrogens is 407 g/mol. The van der Waals surface area contributed by atoms with Crippen molar-refractivity contribution >= 4 is 34.8 Å². The molecule has 0 spiro atoms. The van der Waals surface area contributed by atoms with E-state index in [1.165, 1.54) is 24.3 Å². The molecule has 2 heterocycles. The third-order valence-electron chi connectivity index (χ3n) is 5.43. The number of halogens is 2. The lowest BCUT2D eigenvalue weighted by atomic mass is 9.90. The highest BCUT2D eigenvalue weighted by Gasteiger charge is 2.60. The van der Waals surface area contributed by atoms with Crippen LogP contribution in [-0.4, -0.2) is 17.9 Å². The fraction of sp³-hybridized carbons (Fsp3) is 0.130. The van der Waals surface area contributed by atoms with E-state index in [-0.39, 0.29) is 0 Å². The van der Waals surface area contributed by atoms with E-state index in [0.29, 0.717) is 22.0 Å². The highest BCUT2D eigenvalue weighted by atomic mass is 35.5. The first-order chi connectivity index (χ1) is 14.6. The van der Waals surface area contributed by atoms with Crippen LogP contribution in [0.25, 0.3) is 0 Å². The summed E-state index contributed by atoms with van der Waals surface area (Å²) in [5.74, 6) is -2.12. The van der Waals surface area contributed by atoms with E-state index in [1.807, 2.05) is 42.5 Å². The number of amides is 2. The molecule has 2 aliphatic rings. The Morgan fingerprint density at radius 3 is 2.17 bits per heavy atom. The molecule has 0 N–H and O–H groups in total. The summed E-state index contributed by atoms with van der Waals surface area (Å²) < 4.78 is 13.3. The van der Waals surface area contributed by atoms with Crippen molar-refractivity contribution in [2.45, 2.75) is 12.1 Å². The number of hydrogen-bond acceptors (Lipinski definition) is 4. The van der Waals surface area contributed by atoms with Crippen molar-refractivity contribution in [2.75, 3.05) is 9.96 Å². The van der Waals surface area contributed by atoms with Gasteiger partial charge >= 0.3 is 0 Å². The molecule has 30 heavy (non-hydrogen) atoms. The second kappa shape index (κ2) is 7.23. The lowest BCUT2D eigenvalue weighted by molar-refractivity contribution is -0.126. The molecule has 0 saturated carbocycles. The molecule has 3 aromatic rings. The average molecular weight is 423 g/mol. The number of carbonyl (C=O) groups is 2. The van der Waals surface area contributed by atoms with Crippen LogP contribution >= 0.6 is 11.6 Å². The van der Waals surface area contributed by atoms with E-state index >= 15 is 0 Å². The number of para-hydroxylation sites is 1. The Morgan fingerprint density at radius 2 is 1.47 bits per heavy atom. The molecular formula is C23H16ClFN2O3. The molecule has 0 radical (unpaired) electrons. The van der Waals surface area contributed by atoms with Gasteiger partial charge in [0, 0.05) is 5.02 Å². The number of rotatable bonds is 3. The van der Waals surface area contributed by atoms with Crippen molar-refractivity contribution in [1.29, 1.82) is 0 Å². The standard InChI is InChI=1S/C23H16ClFN2O3/c24-18-9-5-4-8-17(18)20-19-21(30-27(20)16-6-2-1-3-7-16)23(29)26(22(19)28)15-12-10-14(25)11-13-15/h1-13,19-21H/t19-,20+,21+/m0/s1. The Labute approximate surface area is 177 Å². The topological polar surface area (TPSA) is 49.9 Å². The van der Waals surface area contributed by atoms with Gasteiger partial charge in [-0.2, -0.15) is 0 Å². The van der Waals surface area contributed by atoms with Crippen molar-refractivity contribution in [3.05, 3.63) is 95.3 Å². The molecule has 5 rings (SSSR count). The zero-order chi connectivity index (χ0) is 20.8. The lowest BCUT2D eigenvalue weighted by Crippen LogP contribution is -2.37.